The van der Waals surface area contributed by atoms with Crippen LogP contribution in [0.5, 0.6) is 0 Å². The lowest BCUT2D eigenvalue weighted by Gasteiger charge is -2.03. The van der Waals surface area contributed by atoms with Crippen LogP contribution in [0.25, 0.3) is 17.1 Å². The van der Waals surface area contributed by atoms with Crippen LogP contribution in [0.2, 0.25) is 5.02 Å². The van der Waals surface area contributed by atoms with E-state index < -0.39 is 0 Å². The summed E-state index contributed by atoms with van der Waals surface area (Å²) in [6.07, 6.45) is 0. The molecule has 20 heavy (non-hydrogen) atoms. The first-order chi connectivity index (χ1) is 9.56. The quantitative estimate of drug-likeness (QED) is 0.496. The molecule has 3 rings (SSSR count). The summed E-state index contributed by atoms with van der Waals surface area (Å²) in [5, 5.41) is 17.4. The van der Waals surface area contributed by atoms with Gasteiger partial charge in [0.25, 0.3) is 0 Å². The van der Waals surface area contributed by atoms with Gasteiger partial charge in [0.15, 0.2) is 0 Å². The first-order valence-electron chi connectivity index (χ1n) is 5.50. The second-order valence-corrected chi connectivity index (χ2v) is 6.43. The van der Waals surface area contributed by atoms with Crippen LogP contribution < -0.4 is 0 Å². The van der Waals surface area contributed by atoms with Crippen molar-refractivity contribution in [3.63, 3.8) is 0 Å². The Hall–Kier alpha value is -0.750. The fourth-order valence-electron chi connectivity index (χ4n) is 1.69. The van der Waals surface area contributed by atoms with Crippen LogP contribution in [0.15, 0.2) is 24.3 Å². The molecule has 0 radical (unpaired) electrons. The SMILES string of the molecule is Cn1nnc(-c2c(I)nn(-c3ccc(Cl)cc3)c2I)n1. The molecule has 0 aliphatic heterocycles. The molecular weight excluding hydrogens is 505 g/mol. The first-order valence-corrected chi connectivity index (χ1v) is 8.04. The minimum Gasteiger partial charge on any atom is -0.226 e. The van der Waals surface area contributed by atoms with Gasteiger partial charge in [0.05, 0.1) is 18.3 Å². The van der Waals surface area contributed by atoms with E-state index in [2.05, 4.69) is 65.7 Å². The van der Waals surface area contributed by atoms with E-state index in [0.717, 1.165) is 18.7 Å². The Morgan fingerprint density at radius 3 is 2.40 bits per heavy atom. The fourth-order valence-corrected chi connectivity index (χ4v) is 3.93. The highest BCUT2D eigenvalue weighted by Crippen LogP contribution is 2.29. The zero-order valence-corrected chi connectivity index (χ0v) is 15.2. The van der Waals surface area contributed by atoms with Gasteiger partial charge in [-0.2, -0.15) is 9.90 Å². The number of halogens is 3. The Kier molecular flexibility index (Phi) is 3.95. The summed E-state index contributed by atoms with van der Waals surface area (Å²) >= 11 is 10.3. The number of hydrogen-bond acceptors (Lipinski definition) is 4. The Labute approximate surface area is 146 Å². The van der Waals surface area contributed by atoms with Crippen molar-refractivity contribution in [3.8, 4) is 17.1 Å². The molecule has 0 aliphatic carbocycles. The van der Waals surface area contributed by atoms with Crippen LogP contribution in [0.3, 0.4) is 0 Å². The maximum atomic E-state index is 5.91. The summed E-state index contributed by atoms with van der Waals surface area (Å²) < 4.78 is 3.60. The monoisotopic (exact) mass is 512 g/mol. The molecule has 0 saturated carbocycles. The van der Waals surface area contributed by atoms with Gasteiger partial charge in [-0.3, -0.25) is 0 Å². The van der Waals surface area contributed by atoms with Gasteiger partial charge in [-0.1, -0.05) is 11.6 Å². The van der Waals surface area contributed by atoms with Crippen molar-refractivity contribution in [3.05, 3.63) is 36.7 Å². The van der Waals surface area contributed by atoms with Gasteiger partial charge < -0.3 is 0 Å². The highest BCUT2D eigenvalue weighted by Gasteiger charge is 2.20. The Bertz CT molecular complexity index is 764. The third-order valence-electron chi connectivity index (χ3n) is 2.59. The van der Waals surface area contributed by atoms with Crippen molar-refractivity contribution in [1.82, 2.24) is 30.0 Å². The third kappa shape index (κ3) is 2.55. The lowest BCUT2D eigenvalue weighted by Crippen LogP contribution is -1.99. The van der Waals surface area contributed by atoms with Gasteiger partial charge in [0.2, 0.25) is 5.82 Å². The minimum absolute atomic E-state index is 0.571. The molecule has 3 aromatic rings. The topological polar surface area (TPSA) is 61.4 Å². The summed E-state index contributed by atoms with van der Waals surface area (Å²) in [6, 6.07) is 7.51. The molecule has 0 fully saturated rings. The third-order valence-corrected chi connectivity index (χ3v) is 4.59. The number of hydrogen-bond donors (Lipinski definition) is 0. The molecule has 2 heterocycles. The van der Waals surface area contributed by atoms with E-state index in [0.29, 0.717) is 10.8 Å². The number of nitrogens with zero attached hydrogens (tertiary/aromatic N) is 6. The van der Waals surface area contributed by atoms with E-state index in [-0.39, 0.29) is 0 Å². The maximum Gasteiger partial charge on any atom is 0.210 e. The normalized spacial score (nSPS) is 11.0. The lowest BCUT2D eigenvalue weighted by atomic mass is 10.3. The smallest absolute Gasteiger partial charge is 0.210 e. The van der Waals surface area contributed by atoms with E-state index >= 15 is 0 Å². The molecule has 0 unspecified atom stereocenters. The van der Waals surface area contributed by atoms with Gasteiger partial charge in [-0.15, -0.1) is 10.2 Å². The van der Waals surface area contributed by atoms with Crippen molar-refractivity contribution >= 4 is 56.8 Å². The van der Waals surface area contributed by atoms with Crippen molar-refractivity contribution in [2.45, 2.75) is 0 Å². The fraction of sp³-hybridized carbons (Fsp3) is 0.0909. The van der Waals surface area contributed by atoms with Crippen LogP contribution in [0, 0.1) is 7.40 Å². The molecule has 0 saturated heterocycles. The predicted octanol–water partition coefficient (Wildman–Crippen LogP) is 2.93. The molecular formula is C11H7ClI2N6. The summed E-state index contributed by atoms with van der Waals surface area (Å²) in [4.78, 5) is 1.43. The number of aromatic nitrogens is 6. The maximum absolute atomic E-state index is 5.91. The van der Waals surface area contributed by atoms with Crippen LogP contribution >= 0.6 is 56.8 Å². The summed E-state index contributed by atoms with van der Waals surface area (Å²) in [7, 11) is 1.74. The van der Waals surface area contributed by atoms with E-state index in [1.165, 1.54) is 4.80 Å². The molecule has 6 nitrogen and oxygen atoms in total. The largest absolute Gasteiger partial charge is 0.226 e. The zero-order valence-electron chi connectivity index (χ0n) is 10.1. The molecule has 0 atom stereocenters. The molecule has 2 aromatic heterocycles. The van der Waals surface area contributed by atoms with E-state index in [4.69, 9.17) is 11.6 Å². The van der Waals surface area contributed by atoms with Crippen LogP contribution in [0.4, 0.5) is 0 Å². The molecule has 1 aromatic carbocycles. The molecule has 0 spiro atoms. The van der Waals surface area contributed by atoms with Crippen LogP contribution in [-0.4, -0.2) is 30.0 Å². The second-order valence-electron chi connectivity index (χ2n) is 3.95. The molecule has 102 valence electrons. The molecule has 0 amide bonds. The number of tetrazole rings is 1. The molecule has 9 heteroatoms. The number of rotatable bonds is 2. The van der Waals surface area contributed by atoms with Gasteiger partial charge in [-0.05, 0) is 74.7 Å². The van der Waals surface area contributed by atoms with E-state index in [1.807, 2.05) is 28.9 Å². The highest BCUT2D eigenvalue weighted by atomic mass is 127. The van der Waals surface area contributed by atoms with Crippen LogP contribution in [-0.2, 0) is 7.05 Å². The van der Waals surface area contributed by atoms with Crippen molar-refractivity contribution in [2.24, 2.45) is 7.05 Å². The summed E-state index contributed by atoms with van der Waals surface area (Å²) in [5.41, 5.74) is 1.82. The Morgan fingerprint density at radius 1 is 1.10 bits per heavy atom. The number of benzene rings is 1. The lowest BCUT2D eigenvalue weighted by molar-refractivity contribution is 0.630. The summed E-state index contributed by atoms with van der Waals surface area (Å²) in [6.45, 7) is 0. The van der Waals surface area contributed by atoms with E-state index in [9.17, 15) is 0 Å². The Morgan fingerprint density at radius 2 is 1.80 bits per heavy atom. The van der Waals surface area contributed by atoms with Gasteiger partial charge in [0.1, 0.15) is 7.40 Å². The van der Waals surface area contributed by atoms with Gasteiger partial charge in [-0.25, -0.2) is 4.68 Å². The van der Waals surface area contributed by atoms with Crippen molar-refractivity contribution in [1.29, 1.82) is 0 Å². The predicted molar refractivity (Wildman–Crippen MR) is 91.8 cm³/mol. The first kappa shape index (κ1) is 14.2. The van der Waals surface area contributed by atoms with Gasteiger partial charge in [0, 0.05) is 5.02 Å². The standard InChI is InChI=1S/C11H7ClI2N6/c1-19-17-11(15-18-19)8-9(13)16-20(10(8)14)7-4-2-6(12)3-5-7/h2-5H,1H3. The highest BCUT2D eigenvalue weighted by molar-refractivity contribution is 14.1. The zero-order chi connectivity index (χ0) is 14.3. The second kappa shape index (κ2) is 5.56. The minimum atomic E-state index is 0.571. The Balaban J connectivity index is 2.13. The average Bonchev–Trinajstić information content (AvgIpc) is 2.95. The van der Waals surface area contributed by atoms with Crippen molar-refractivity contribution in [2.75, 3.05) is 0 Å². The molecule has 0 bridgehead atoms. The average molecular weight is 512 g/mol. The van der Waals surface area contributed by atoms with Gasteiger partial charge >= 0.3 is 0 Å². The molecule has 0 aliphatic rings. The van der Waals surface area contributed by atoms with E-state index in [1.54, 1.807) is 7.05 Å². The number of aryl methyl sites for hydroxylation is 1. The van der Waals surface area contributed by atoms with Crippen molar-refractivity contribution < 1.29 is 0 Å². The van der Waals surface area contributed by atoms with Crippen LogP contribution in [0.1, 0.15) is 0 Å². The molecule has 0 N–H and O–H groups in total. The summed E-state index contributed by atoms with van der Waals surface area (Å²) in [5.74, 6) is 0.571.